The van der Waals surface area contributed by atoms with Crippen molar-refractivity contribution in [3.05, 3.63) is 23.7 Å². The molecule has 2 heterocycles. The highest BCUT2D eigenvalue weighted by Crippen LogP contribution is 2.20. The van der Waals surface area contributed by atoms with Gasteiger partial charge in [0.1, 0.15) is 11.5 Å². The standard InChI is InChI=1S/C17H28N2O2.C2H2O4/c1-13(2)6-9-18-17(20)15-7-10-19(11-8-15)12-16-5-4-14(3)21-16;3-1(4)2(5)6/h4-5,13,15H,6-12H2,1-3H3,(H,18,20);(H,3,4)(H,5,6). The van der Waals surface area contributed by atoms with Crippen molar-refractivity contribution in [1.82, 2.24) is 10.2 Å². The van der Waals surface area contributed by atoms with Crippen molar-refractivity contribution in [1.29, 1.82) is 0 Å². The third-order valence-corrected chi connectivity index (χ3v) is 4.34. The van der Waals surface area contributed by atoms with Gasteiger partial charge in [0.05, 0.1) is 6.54 Å². The summed E-state index contributed by atoms with van der Waals surface area (Å²) in [6.45, 7) is 9.95. The smallest absolute Gasteiger partial charge is 0.414 e. The van der Waals surface area contributed by atoms with E-state index in [2.05, 4.69) is 24.1 Å². The largest absolute Gasteiger partial charge is 0.473 e. The van der Waals surface area contributed by atoms with Crippen LogP contribution in [0, 0.1) is 18.8 Å². The number of nitrogens with zero attached hydrogens (tertiary/aromatic N) is 1. The second-order valence-corrected chi connectivity index (χ2v) is 7.15. The van der Waals surface area contributed by atoms with E-state index in [4.69, 9.17) is 24.2 Å². The lowest BCUT2D eigenvalue weighted by molar-refractivity contribution is -0.159. The molecule has 0 unspecified atom stereocenters. The average Bonchev–Trinajstić information content (AvgIpc) is 3.00. The van der Waals surface area contributed by atoms with Crippen molar-refractivity contribution in [3.8, 4) is 0 Å². The molecule has 1 aliphatic heterocycles. The molecule has 0 spiro atoms. The van der Waals surface area contributed by atoms with Crippen LogP contribution in [-0.4, -0.2) is 52.6 Å². The molecule has 27 heavy (non-hydrogen) atoms. The Morgan fingerprint density at radius 2 is 1.78 bits per heavy atom. The minimum Gasteiger partial charge on any atom is -0.473 e. The number of carbonyl (C=O) groups is 3. The van der Waals surface area contributed by atoms with Crippen LogP contribution < -0.4 is 5.32 Å². The van der Waals surface area contributed by atoms with Crippen molar-refractivity contribution in [2.75, 3.05) is 19.6 Å². The quantitative estimate of drug-likeness (QED) is 0.645. The van der Waals surface area contributed by atoms with E-state index in [1.54, 1.807) is 0 Å². The molecule has 1 fully saturated rings. The summed E-state index contributed by atoms with van der Waals surface area (Å²) in [6, 6.07) is 4.05. The third-order valence-electron chi connectivity index (χ3n) is 4.34. The molecule has 0 atom stereocenters. The molecule has 1 aliphatic rings. The number of amides is 1. The van der Waals surface area contributed by atoms with E-state index in [1.807, 2.05) is 19.1 Å². The second-order valence-electron chi connectivity index (χ2n) is 7.15. The van der Waals surface area contributed by atoms with E-state index >= 15 is 0 Å². The Hall–Kier alpha value is -2.35. The Morgan fingerprint density at radius 3 is 2.22 bits per heavy atom. The molecule has 0 aliphatic carbocycles. The summed E-state index contributed by atoms with van der Waals surface area (Å²) in [6.07, 6.45) is 2.96. The van der Waals surface area contributed by atoms with Crippen molar-refractivity contribution >= 4 is 17.8 Å². The fraction of sp³-hybridized carbons (Fsp3) is 0.632. The minimum atomic E-state index is -1.82. The van der Waals surface area contributed by atoms with E-state index < -0.39 is 11.9 Å². The molecule has 3 N–H and O–H groups in total. The first-order valence-corrected chi connectivity index (χ1v) is 9.20. The number of furan rings is 1. The summed E-state index contributed by atoms with van der Waals surface area (Å²) in [4.78, 5) is 32.7. The van der Waals surface area contributed by atoms with Crippen molar-refractivity contribution in [2.45, 2.75) is 46.6 Å². The number of aliphatic carboxylic acids is 2. The maximum absolute atomic E-state index is 12.1. The van der Waals surface area contributed by atoms with Gasteiger partial charge in [0.2, 0.25) is 5.91 Å². The fourth-order valence-electron chi connectivity index (χ4n) is 2.77. The SMILES string of the molecule is Cc1ccc(CN2CCC(C(=O)NCCC(C)C)CC2)o1.O=C(O)C(=O)O. The van der Waals surface area contributed by atoms with Gasteiger partial charge in [-0.3, -0.25) is 9.69 Å². The summed E-state index contributed by atoms with van der Waals surface area (Å²) >= 11 is 0. The van der Waals surface area contributed by atoms with E-state index in [-0.39, 0.29) is 11.8 Å². The van der Waals surface area contributed by atoms with Crippen LogP contribution in [0.3, 0.4) is 0 Å². The number of piperidine rings is 1. The van der Waals surface area contributed by atoms with Crippen LogP contribution in [-0.2, 0) is 20.9 Å². The first-order valence-electron chi connectivity index (χ1n) is 9.20. The van der Waals surface area contributed by atoms with Crippen LogP contribution in [0.25, 0.3) is 0 Å². The van der Waals surface area contributed by atoms with Gasteiger partial charge in [-0.25, -0.2) is 9.59 Å². The minimum absolute atomic E-state index is 0.187. The number of hydrogen-bond acceptors (Lipinski definition) is 5. The molecule has 0 saturated carbocycles. The number of carbonyl (C=O) groups excluding carboxylic acids is 1. The molecule has 0 bridgehead atoms. The number of hydrogen-bond donors (Lipinski definition) is 3. The maximum atomic E-state index is 12.1. The van der Waals surface area contributed by atoms with Gasteiger partial charge in [-0.1, -0.05) is 13.8 Å². The van der Waals surface area contributed by atoms with Gasteiger partial charge in [-0.15, -0.1) is 0 Å². The normalized spacial score (nSPS) is 15.1. The average molecular weight is 382 g/mol. The Morgan fingerprint density at radius 1 is 1.19 bits per heavy atom. The second kappa shape index (κ2) is 11.4. The Labute approximate surface area is 159 Å². The number of likely N-dealkylation sites (tertiary alicyclic amines) is 1. The molecule has 1 aromatic rings. The number of aryl methyl sites for hydroxylation is 1. The molecule has 1 aromatic heterocycles. The summed E-state index contributed by atoms with van der Waals surface area (Å²) in [7, 11) is 0. The van der Waals surface area contributed by atoms with E-state index in [1.165, 1.54) is 0 Å². The fourth-order valence-corrected chi connectivity index (χ4v) is 2.77. The third kappa shape index (κ3) is 9.23. The molecule has 0 aromatic carbocycles. The highest BCUT2D eigenvalue weighted by Gasteiger charge is 2.25. The van der Waals surface area contributed by atoms with E-state index in [0.29, 0.717) is 5.92 Å². The van der Waals surface area contributed by atoms with Gasteiger partial charge in [0, 0.05) is 12.5 Å². The highest BCUT2D eigenvalue weighted by molar-refractivity contribution is 6.27. The van der Waals surface area contributed by atoms with Crippen LogP contribution in [0.1, 0.15) is 44.6 Å². The zero-order chi connectivity index (χ0) is 20.4. The lowest BCUT2D eigenvalue weighted by atomic mass is 9.95. The molecule has 8 heteroatoms. The predicted molar refractivity (Wildman–Crippen MR) is 99.2 cm³/mol. The van der Waals surface area contributed by atoms with Crippen molar-refractivity contribution in [3.63, 3.8) is 0 Å². The van der Waals surface area contributed by atoms with Gasteiger partial charge in [-0.05, 0) is 57.3 Å². The Kier molecular flexibility index (Phi) is 9.56. The molecule has 152 valence electrons. The zero-order valence-electron chi connectivity index (χ0n) is 16.2. The summed E-state index contributed by atoms with van der Waals surface area (Å²) in [5.74, 6) is -0.596. The molecular formula is C19H30N2O6. The molecule has 0 radical (unpaired) electrons. The lowest BCUT2D eigenvalue weighted by Gasteiger charge is -2.30. The van der Waals surface area contributed by atoms with Gasteiger partial charge in [0.15, 0.2) is 0 Å². The Bertz CT molecular complexity index is 605. The van der Waals surface area contributed by atoms with Crippen molar-refractivity contribution in [2.24, 2.45) is 11.8 Å². The molecule has 1 saturated heterocycles. The van der Waals surface area contributed by atoms with Gasteiger partial charge >= 0.3 is 11.9 Å². The topological polar surface area (TPSA) is 120 Å². The maximum Gasteiger partial charge on any atom is 0.414 e. The van der Waals surface area contributed by atoms with E-state index in [0.717, 1.165) is 57.0 Å². The summed E-state index contributed by atoms with van der Waals surface area (Å²) in [5.41, 5.74) is 0. The first kappa shape index (κ1) is 22.7. The van der Waals surface area contributed by atoms with Crippen LogP contribution in [0.5, 0.6) is 0 Å². The zero-order valence-corrected chi connectivity index (χ0v) is 16.2. The van der Waals surface area contributed by atoms with Crippen LogP contribution in [0.4, 0.5) is 0 Å². The van der Waals surface area contributed by atoms with Gasteiger partial charge < -0.3 is 19.9 Å². The van der Waals surface area contributed by atoms with Crippen LogP contribution in [0.2, 0.25) is 0 Å². The monoisotopic (exact) mass is 382 g/mol. The predicted octanol–water partition coefficient (Wildman–Crippen LogP) is 2.12. The number of carboxylic acids is 2. The van der Waals surface area contributed by atoms with Gasteiger partial charge in [0.25, 0.3) is 0 Å². The van der Waals surface area contributed by atoms with Crippen LogP contribution in [0.15, 0.2) is 16.5 Å². The Balaban J connectivity index is 0.000000527. The summed E-state index contributed by atoms with van der Waals surface area (Å²) in [5, 5.41) is 17.9. The highest BCUT2D eigenvalue weighted by atomic mass is 16.4. The van der Waals surface area contributed by atoms with E-state index in [9.17, 15) is 4.79 Å². The summed E-state index contributed by atoms with van der Waals surface area (Å²) < 4.78 is 5.62. The molecular weight excluding hydrogens is 352 g/mol. The molecule has 1 amide bonds. The lowest BCUT2D eigenvalue weighted by Crippen LogP contribution is -2.40. The molecule has 8 nitrogen and oxygen atoms in total. The van der Waals surface area contributed by atoms with Crippen LogP contribution >= 0.6 is 0 Å². The van der Waals surface area contributed by atoms with Gasteiger partial charge in [-0.2, -0.15) is 0 Å². The number of carboxylic acid groups (broad SMARTS) is 2. The number of rotatable bonds is 6. The first-order chi connectivity index (χ1) is 12.7. The molecule has 2 rings (SSSR count). The van der Waals surface area contributed by atoms with Crippen molar-refractivity contribution < 1.29 is 29.0 Å². The number of nitrogens with one attached hydrogen (secondary N) is 1.